The molecule has 1 N–H and O–H groups in total. The van der Waals surface area contributed by atoms with Gasteiger partial charge in [-0.1, -0.05) is 11.3 Å². The predicted octanol–water partition coefficient (Wildman–Crippen LogP) is 1.22. The van der Waals surface area contributed by atoms with Crippen molar-refractivity contribution in [2.75, 3.05) is 20.8 Å². The molecule has 1 aromatic heterocycles. The van der Waals surface area contributed by atoms with Crippen molar-refractivity contribution in [1.82, 2.24) is 20.3 Å². The van der Waals surface area contributed by atoms with Crippen molar-refractivity contribution in [3.05, 3.63) is 35.7 Å². The molecular weight excluding hydrogens is 308 g/mol. The number of ether oxygens (including phenoxy) is 2. The van der Waals surface area contributed by atoms with Crippen molar-refractivity contribution in [3.63, 3.8) is 0 Å². The molecule has 1 atom stereocenters. The summed E-state index contributed by atoms with van der Waals surface area (Å²) in [6.07, 6.45) is 3.38. The highest BCUT2D eigenvalue weighted by molar-refractivity contribution is 5.81. The summed E-state index contributed by atoms with van der Waals surface area (Å²) in [5, 5.41) is 11.8. The summed E-state index contributed by atoms with van der Waals surface area (Å²) in [5.41, 5.74) is 1.20. The van der Waals surface area contributed by atoms with Crippen molar-refractivity contribution < 1.29 is 14.3 Å². The molecular formula is C17H22N4O3. The summed E-state index contributed by atoms with van der Waals surface area (Å²) in [6.45, 7) is 0.633. The number of ketones is 1. The highest BCUT2D eigenvalue weighted by atomic mass is 16.5. The van der Waals surface area contributed by atoms with Gasteiger partial charge in [-0.05, 0) is 11.6 Å². The Balaban J connectivity index is 2.00. The largest absolute Gasteiger partial charge is 0.497 e. The first-order chi connectivity index (χ1) is 11.6. The van der Waals surface area contributed by atoms with E-state index < -0.39 is 5.54 Å². The predicted molar refractivity (Wildman–Crippen MR) is 88.2 cm³/mol. The first-order valence-corrected chi connectivity index (χ1v) is 7.91. The quantitative estimate of drug-likeness (QED) is 0.888. The van der Waals surface area contributed by atoms with Gasteiger partial charge in [-0.25, -0.2) is 0 Å². The summed E-state index contributed by atoms with van der Waals surface area (Å²) in [5.74, 6) is 1.70. The van der Waals surface area contributed by atoms with Crippen molar-refractivity contribution in [1.29, 1.82) is 0 Å². The van der Waals surface area contributed by atoms with Gasteiger partial charge in [0.2, 0.25) is 0 Å². The van der Waals surface area contributed by atoms with Gasteiger partial charge in [0.15, 0.2) is 0 Å². The van der Waals surface area contributed by atoms with Crippen LogP contribution in [-0.2, 0) is 23.8 Å². The molecule has 7 nitrogen and oxygen atoms in total. The minimum Gasteiger partial charge on any atom is -0.497 e. The standard InChI is InChI=1S/C17H22N4O3/c1-21-11-16(19-20-21)17(10-13(22)6-7-18-17)9-12-4-5-14(23-2)8-15(12)24-3/h4-5,8,11,18H,6-7,9-10H2,1-3H3. The van der Waals surface area contributed by atoms with Crippen molar-refractivity contribution in [2.24, 2.45) is 7.05 Å². The number of nitrogens with zero attached hydrogens (tertiary/aromatic N) is 3. The zero-order valence-corrected chi connectivity index (χ0v) is 14.2. The van der Waals surface area contributed by atoms with Gasteiger partial charge < -0.3 is 14.8 Å². The average Bonchev–Trinajstić information content (AvgIpc) is 3.02. The summed E-state index contributed by atoms with van der Waals surface area (Å²) in [4.78, 5) is 12.2. The molecule has 1 aliphatic rings. The molecule has 0 aliphatic carbocycles. The molecule has 1 aromatic carbocycles. The molecule has 1 saturated heterocycles. The molecule has 3 rings (SSSR count). The maximum atomic E-state index is 12.2. The van der Waals surface area contributed by atoms with Gasteiger partial charge in [0.05, 0.1) is 26.0 Å². The zero-order valence-electron chi connectivity index (χ0n) is 14.2. The van der Waals surface area contributed by atoms with Crippen LogP contribution in [0.25, 0.3) is 0 Å². The summed E-state index contributed by atoms with van der Waals surface area (Å²) < 4.78 is 12.4. The number of rotatable bonds is 5. The SMILES string of the molecule is COc1ccc(CC2(c3cn(C)nn3)CC(=O)CCN2)c(OC)c1. The van der Waals surface area contributed by atoms with Crippen LogP contribution in [0.1, 0.15) is 24.1 Å². The number of hydrogen-bond donors (Lipinski definition) is 1. The lowest BCUT2D eigenvalue weighted by atomic mass is 9.80. The number of carbonyl (C=O) groups excluding carboxylic acids is 1. The molecule has 0 amide bonds. The number of hydrogen-bond acceptors (Lipinski definition) is 6. The van der Waals surface area contributed by atoms with Crippen LogP contribution in [0.15, 0.2) is 24.4 Å². The molecule has 0 radical (unpaired) electrons. The Kier molecular flexibility index (Phi) is 4.53. The fourth-order valence-electron chi connectivity index (χ4n) is 3.21. The molecule has 24 heavy (non-hydrogen) atoms. The highest BCUT2D eigenvalue weighted by Gasteiger charge is 2.40. The Hall–Kier alpha value is -2.41. The van der Waals surface area contributed by atoms with E-state index in [1.807, 2.05) is 31.4 Å². The first kappa shape index (κ1) is 16.4. The van der Waals surface area contributed by atoms with E-state index in [-0.39, 0.29) is 5.78 Å². The number of piperidine rings is 1. The van der Waals surface area contributed by atoms with Crippen LogP contribution < -0.4 is 14.8 Å². The lowest BCUT2D eigenvalue weighted by Gasteiger charge is -2.36. The Bertz CT molecular complexity index is 743. The molecule has 128 valence electrons. The maximum absolute atomic E-state index is 12.2. The molecule has 0 saturated carbocycles. The number of benzene rings is 1. The van der Waals surface area contributed by atoms with E-state index in [4.69, 9.17) is 9.47 Å². The Morgan fingerprint density at radius 2 is 2.17 bits per heavy atom. The van der Waals surface area contributed by atoms with Crippen LogP contribution in [0.5, 0.6) is 11.5 Å². The number of aromatic nitrogens is 3. The number of nitrogens with one attached hydrogen (secondary N) is 1. The van der Waals surface area contributed by atoms with Crippen LogP contribution >= 0.6 is 0 Å². The second kappa shape index (κ2) is 6.60. The smallest absolute Gasteiger partial charge is 0.136 e. The van der Waals surface area contributed by atoms with Gasteiger partial charge >= 0.3 is 0 Å². The van der Waals surface area contributed by atoms with Gasteiger partial charge in [0.1, 0.15) is 23.0 Å². The lowest BCUT2D eigenvalue weighted by Crippen LogP contribution is -2.50. The highest BCUT2D eigenvalue weighted by Crippen LogP contribution is 2.35. The van der Waals surface area contributed by atoms with E-state index in [1.54, 1.807) is 18.9 Å². The van der Waals surface area contributed by atoms with Gasteiger partial charge in [-0.3, -0.25) is 9.48 Å². The van der Waals surface area contributed by atoms with Crippen molar-refractivity contribution in [2.45, 2.75) is 24.8 Å². The molecule has 1 fully saturated rings. The fraction of sp³-hybridized carbons (Fsp3) is 0.471. The second-order valence-electron chi connectivity index (χ2n) is 6.11. The third-order valence-corrected chi connectivity index (χ3v) is 4.45. The van der Waals surface area contributed by atoms with Crippen LogP contribution in [0, 0.1) is 0 Å². The third-order valence-electron chi connectivity index (χ3n) is 4.45. The minimum atomic E-state index is -0.564. The van der Waals surface area contributed by atoms with Crippen LogP contribution in [0.2, 0.25) is 0 Å². The number of Topliss-reactive ketones (excluding diaryl/α,β-unsaturated/α-hetero) is 1. The molecule has 2 aromatic rings. The number of carbonyl (C=O) groups is 1. The van der Waals surface area contributed by atoms with E-state index in [9.17, 15) is 4.79 Å². The minimum absolute atomic E-state index is 0.229. The summed E-state index contributed by atoms with van der Waals surface area (Å²) >= 11 is 0. The zero-order chi connectivity index (χ0) is 17.2. The average molecular weight is 330 g/mol. The summed E-state index contributed by atoms with van der Waals surface area (Å²) in [6, 6.07) is 5.72. The van der Waals surface area contributed by atoms with Crippen LogP contribution in [0.4, 0.5) is 0 Å². The fourth-order valence-corrected chi connectivity index (χ4v) is 3.21. The van der Waals surface area contributed by atoms with Gasteiger partial charge in [0, 0.05) is 38.9 Å². The molecule has 7 heteroatoms. The van der Waals surface area contributed by atoms with Gasteiger partial charge in [0.25, 0.3) is 0 Å². The van der Waals surface area contributed by atoms with Crippen LogP contribution in [-0.4, -0.2) is 41.5 Å². The Morgan fingerprint density at radius 1 is 1.33 bits per heavy atom. The molecule has 1 aliphatic heterocycles. The summed E-state index contributed by atoms with van der Waals surface area (Å²) in [7, 11) is 5.08. The molecule has 1 unspecified atom stereocenters. The van der Waals surface area contributed by atoms with Crippen molar-refractivity contribution >= 4 is 5.78 Å². The Labute approximate surface area is 141 Å². The van der Waals surface area contributed by atoms with Gasteiger partial charge in [-0.2, -0.15) is 0 Å². The van der Waals surface area contributed by atoms with Gasteiger partial charge in [-0.15, -0.1) is 5.10 Å². The van der Waals surface area contributed by atoms with Crippen LogP contribution in [0.3, 0.4) is 0 Å². The Morgan fingerprint density at radius 3 is 2.79 bits per heavy atom. The van der Waals surface area contributed by atoms with Crippen molar-refractivity contribution in [3.8, 4) is 11.5 Å². The topological polar surface area (TPSA) is 78.3 Å². The molecule has 2 heterocycles. The van der Waals surface area contributed by atoms with E-state index >= 15 is 0 Å². The van der Waals surface area contributed by atoms with E-state index in [1.165, 1.54) is 0 Å². The molecule has 0 spiro atoms. The second-order valence-corrected chi connectivity index (χ2v) is 6.11. The van der Waals surface area contributed by atoms with E-state index in [2.05, 4.69) is 15.6 Å². The monoisotopic (exact) mass is 330 g/mol. The third kappa shape index (κ3) is 3.12. The maximum Gasteiger partial charge on any atom is 0.136 e. The molecule has 0 bridgehead atoms. The first-order valence-electron chi connectivity index (χ1n) is 7.91. The van der Waals surface area contributed by atoms with E-state index in [0.717, 1.165) is 22.8 Å². The normalized spacial score (nSPS) is 20.9. The number of methoxy groups -OCH3 is 2. The van der Waals surface area contributed by atoms with E-state index in [0.29, 0.717) is 25.8 Å². The lowest BCUT2D eigenvalue weighted by molar-refractivity contribution is -0.122. The number of aryl methyl sites for hydroxylation is 1.